The number of quaternary nitrogens is 1. The zero-order valence-electron chi connectivity index (χ0n) is 14.4. The van der Waals surface area contributed by atoms with Crippen molar-refractivity contribution in [2.75, 3.05) is 20.1 Å². The third-order valence-electron chi connectivity index (χ3n) is 6.39. The van der Waals surface area contributed by atoms with Crippen LogP contribution in [0, 0.1) is 20.8 Å². The summed E-state index contributed by atoms with van der Waals surface area (Å²) in [5.74, 6) is 1.78. The fraction of sp³-hybridized carbons (Fsp3) is 0.600. The van der Waals surface area contributed by atoms with Crippen molar-refractivity contribution in [1.29, 1.82) is 0 Å². The second-order valence-electron chi connectivity index (χ2n) is 8.20. The van der Waals surface area contributed by atoms with Crippen LogP contribution in [0.25, 0.3) is 0 Å². The highest BCUT2D eigenvalue weighted by molar-refractivity contribution is 14.1. The summed E-state index contributed by atoms with van der Waals surface area (Å²) < 4.78 is 2.45. The first-order chi connectivity index (χ1) is 10.3. The standard InChI is InChI=1S/C20H29IN/c1-5-22(4,13-15-6-10-18(21)11-7-15)14-16-8-9-17-12-19(16)20(17,2)3/h6-8,10-11,17,19H,5,9,12-14H2,1-4H3/q+1/t17-,19-,22?/m0/s1. The van der Waals surface area contributed by atoms with Gasteiger partial charge in [-0.15, -0.1) is 0 Å². The lowest BCUT2D eigenvalue weighted by atomic mass is 9.49. The molecule has 0 aromatic heterocycles. The fourth-order valence-electron chi connectivity index (χ4n) is 4.41. The van der Waals surface area contributed by atoms with E-state index >= 15 is 0 Å². The Hall–Kier alpha value is -0.350. The monoisotopic (exact) mass is 410 g/mol. The summed E-state index contributed by atoms with van der Waals surface area (Å²) in [7, 11) is 2.43. The summed E-state index contributed by atoms with van der Waals surface area (Å²) in [6, 6.07) is 9.06. The second kappa shape index (κ2) is 5.94. The Morgan fingerprint density at radius 2 is 1.86 bits per heavy atom. The van der Waals surface area contributed by atoms with E-state index in [1.807, 2.05) is 0 Å². The predicted molar refractivity (Wildman–Crippen MR) is 103 cm³/mol. The number of hydrogen-bond acceptors (Lipinski definition) is 0. The maximum atomic E-state index is 2.57. The van der Waals surface area contributed by atoms with Crippen LogP contribution in [-0.2, 0) is 6.54 Å². The average Bonchev–Trinajstić information content (AvgIpc) is 2.49. The number of nitrogens with zero attached hydrogens (tertiary/aromatic N) is 1. The van der Waals surface area contributed by atoms with Gasteiger partial charge in [0.25, 0.3) is 0 Å². The summed E-state index contributed by atoms with van der Waals surface area (Å²) in [4.78, 5) is 0. The molecule has 0 amide bonds. The molecule has 2 heteroatoms. The largest absolute Gasteiger partial charge is 0.319 e. The van der Waals surface area contributed by atoms with Gasteiger partial charge >= 0.3 is 0 Å². The van der Waals surface area contributed by atoms with Crippen molar-refractivity contribution >= 4 is 22.6 Å². The van der Waals surface area contributed by atoms with Gasteiger partial charge in [-0.25, -0.2) is 0 Å². The first kappa shape index (κ1) is 16.5. The van der Waals surface area contributed by atoms with Crippen molar-refractivity contribution in [2.45, 2.75) is 40.2 Å². The molecular weight excluding hydrogens is 381 g/mol. The van der Waals surface area contributed by atoms with Crippen LogP contribution in [-0.4, -0.2) is 24.6 Å². The van der Waals surface area contributed by atoms with Gasteiger partial charge in [-0.2, -0.15) is 0 Å². The van der Waals surface area contributed by atoms with Crippen molar-refractivity contribution in [3.63, 3.8) is 0 Å². The highest BCUT2D eigenvalue weighted by Crippen LogP contribution is 2.59. The molecule has 1 nitrogen and oxygen atoms in total. The maximum absolute atomic E-state index is 2.57. The Morgan fingerprint density at radius 3 is 2.41 bits per heavy atom. The first-order valence-electron chi connectivity index (χ1n) is 8.61. The van der Waals surface area contributed by atoms with Gasteiger partial charge in [-0.05, 0) is 77.3 Å². The summed E-state index contributed by atoms with van der Waals surface area (Å²) in [6.45, 7) is 10.9. The number of likely N-dealkylation sites (N-methyl/N-ethyl adjacent to an activating group) is 1. The van der Waals surface area contributed by atoms with Crippen LogP contribution in [0.3, 0.4) is 0 Å². The van der Waals surface area contributed by atoms with E-state index in [0.29, 0.717) is 5.41 Å². The van der Waals surface area contributed by atoms with E-state index in [4.69, 9.17) is 0 Å². The second-order valence-corrected chi connectivity index (χ2v) is 9.45. The highest BCUT2D eigenvalue weighted by Gasteiger charge is 2.52. The van der Waals surface area contributed by atoms with E-state index in [2.05, 4.69) is 80.8 Å². The molecule has 0 radical (unpaired) electrons. The van der Waals surface area contributed by atoms with Crippen LogP contribution >= 0.6 is 22.6 Å². The molecule has 1 aromatic carbocycles. The maximum Gasteiger partial charge on any atom is 0.104 e. The minimum absolute atomic E-state index is 0.547. The highest BCUT2D eigenvalue weighted by atomic mass is 127. The molecule has 0 aliphatic heterocycles. The van der Waals surface area contributed by atoms with Crippen LogP contribution in [0.4, 0.5) is 0 Å². The van der Waals surface area contributed by atoms with E-state index in [1.54, 1.807) is 5.57 Å². The fourth-order valence-corrected chi connectivity index (χ4v) is 4.77. The zero-order chi connectivity index (χ0) is 16.0. The summed E-state index contributed by atoms with van der Waals surface area (Å²) in [5, 5.41) is 0. The van der Waals surface area contributed by atoms with E-state index < -0.39 is 0 Å². The molecule has 0 N–H and O–H groups in total. The molecule has 22 heavy (non-hydrogen) atoms. The molecule has 2 bridgehead atoms. The SMILES string of the molecule is CC[N+](C)(CC1=CC[C@H]2C[C@@H]1C2(C)C)Cc1ccc(I)cc1. The van der Waals surface area contributed by atoms with Crippen molar-refractivity contribution in [3.05, 3.63) is 45.0 Å². The van der Waals surface area contributed by atoms with Crippen molar-refractivity contribution in [3.8, 4) is 0 Å². The number of allylic oxidation sites excluding steroid dienone is 1. The Bertz CT molecular complexity index is 572. The minimum Gasteiger partial charge on any atom is -0.319 e. The van der Waals surface area contributed by atoms with Gasteiger partial charge in [-0.1, -0.05) is 32.1 Å². The smallest absolute Gasteiger partial charge is 0.104 e. The van der Waals surface area contributed by atoms with Gasteiger partial charge in [-0.3, -0.25) is 0 Å². The number of hydrogen-bond donors (Lipinski definition) is 0. The van der Waals surface area contributed by atoms with Gasteiger partial charge in [0.1, 0.15) is 13.1 Å². The topological polar surface area (TPSA) is 0 Å². The third kappa shape index (κ3) is 3.01. The molecule has 1 fully saturated rings. The molecule has 4 rings (SSSR count). The molecule has 3 atom stereocenters. The normalized spacial score (nSPS) is 28.5. The third-order valence-corrected chi connectivity index (χ3v) is 7.11. The molecule has 3 aliphatic rings. The van der Waals surface area contributed by atoms with E-state index in [1.165, 1.54) is 35.1 Å². The number of halogens is 1. The Morgan fingerprint density at radius 1 is 1.18 bits per heavy atom. The Labute approximate surface area is 149 Å². The van der Waals surface area contributed by atoms with E-state index in [9.17, 15) is 0 Å². The van der Waals surface area contributed by atoms with Crippen LogP contribution in [0.1, 0.15) is 39.2 Å². The molecule has 1 unspecified atom stereocenters. The molecule has 0 heterocycles. The van der Waals surface area contributed by atoms with Crippen molar-refractivity contribution in [2.24, 2.45) is 17.3 Å². The van der Waals surface area contributed by atoms with Crippen LogP contribution in [0.15, 0.2) is 35.9 Å². The number of benzene rings is 1. The van der Waals surface area contributed by atoms with Gasteiger partial charge in [0.15, 0.2) is 0 Å². The van der Waals surface area contributed by atoms with Gasteiger partial charge in [0.2, 0.25) is 0 Å². The average molecular weight is 410 g/mol. The van der Waals surface area contributed by atoms with Crippen molar-refractivity contribution < 1.29 is 4.48 Å². The van der Waals surface area contributed by atoms with Gasteiger partial charge in [0, 0.05) is 9.13 Å². The molecule has 3 aliphatic carbocycles. The summed E-state index contributed by atoms with van der Waals surface area (Å²) in [6.07, 6.45) is 5.32. The van der Waals surface area contributed by atoms with Gasteiger partial charge in [0.05, 0.1) is 13.6 Å². The van der Waals surface area contributed by atoms with E-state index in [-0.39, 0.29) is 0 Å². The quantitative estimate of drug-likeness (QED) is 0.353. The van der Waals surface area contributed by atoms with Crippen molar-refractivity contribution in [1.82, 2.24) is 0 Å². The lowest BCUT2D eigenvalue weighted by molar-refractivity contribution is -0.916. The molecule has 0 saturated heterocycles. The molecule has 0 spiro atoms. The molecule has 120 valence electrons. The predicted octanol–water partition coefficient (Wildman–Crippen LogP) is 5.25. The van der Waals surface area contributed by atoms with E-state index in [0.717, 1.165) is 22.9 Å². The van der Waals surface area contributed by atoms with Crippen LogP contribution in [0.5, 0.6) is 0 Å². The number of fused-ring (bicyclic) bond motifs is 1. The summed E-state index contributed by atoms with van der Waals surface area (Å²) >= 11 is 2.38. The zero-order valence-corrected chi connectivity index (χ0v) is 16.6. The van der Waals surface area contributed by atoms with Crippen LogP contribution in [0.2, 0.25) is 0 Å². The lowest BCUT2D eigenvalue weighted by Gasteiger charge is -2.57. The molecule has 1 aromatic rings. The Balaban J connectivity index is 1.73. The Kier molecular flexibility index (Phi) is 4.45. The first-order valence-corrected chi connectivity index (χ1v) is 9.69. The van der Waals surface area contributed by atoms with Crippen LogP contribution < -0.4 is 0 Å². The molecule has 1 saturated carbocycles. The van der Waals surface area contributed by atoms with Gasteiger partial charge < -0.3 is 4.48 Å². The molecular formula is C20H29IN+. The summed E-state index contributed by atoms with van der Waals surface area (Å²) in [5.41, 5.74) is 3.75. The lowest BCUT2D eigenvalue weighted by Crippen LogP contribution is -2.53. The minimum atomic E-state index is 0.547. The number of rotatable bonds is 5.